The Morgan fingerprint density at radius 3 is 1.41 bits per heavy atom. The van der Waals surface area contributed by atoms with Gasteiger partial charge in [-0.1, -0.05) is 23.2 Å². The van der Waals surface area contributed by atoms with Crippen molar-refractivity contribution in [1.82, 2.24) is 9.97 Å². The molecule has 0 spiro atoms. The van der Waals surface area contributed by atoms with Crippen molar-refractivity contribution < 1.29 is 17.9 Å². The molecular weight excluding hydrogens is 845 g/mol. The fourth-order valence-electron chi connectivity index (χ4n) is 7.42. The third-order valence-electron chi connectivity index (χ3n) is 10.0. The van der Waals surface area contributed by atoms with E-state index in [1.54, 1.807) is 11.8 Å². The zero-order valence-corrected chi connectivity index (χ0v) is 38.6. The van der Waals surface area contributed by atoms with Crippen molar-refractivity contribution >= 4 is 73.0 Å². The zero-order valence-electron chi connectivity index (χ0n) is 34.5. The first kappa shape index (κ1) is 43.3. The van der Waals surface area contributed by atoms with Gasteiger partial charge in [0.25, 0.3) is 0 Å². The molecule has 2 aromatic heterocycles. The standard InChI is InChI=1S/C37H48Cl2N8.C7H6S.Ru/c1-24-17-30(44(9)10)18-25(2)34(24)46-23-36(38,39)47(35-26(3)19-31(45(11)12)20-27(35)4)37(46,32-21-28(42(5)6)13-15-40-32)33-22-29(43(7)8)14-16-41-33;1-8-7-5-3-2-4-6-7;/h13-22H,23H2,1-12H3;1-6H;. The number of aromatic nitrogens is 2. The molecule has 0 N–H and O–H groups in total. The number of hydrogen-bond donors (Lipinski definition) is 0. The maximum atomic E-state index is 7.69. The number of rotatable bonds is 10. The summed E-state index contributed by atoms with van der Waals surface area (Å²) >= 11 is 19.6. The van der Waals surface area contributed by atoms with Crippen molar-refractivity contribution in [3.63, 3.8) is 0 Å². The van der Waals surface area contributed by atoms with E-state index in [1.165, 1.54) is 4.90 Å². The second kappa shape index (κ2) is 17.8. The summed E-state index contributed by atoms with van der Waals surface area (Å²) in [6.45, 7) is 8.85. The van der Waals surface area contributed by atoms with Gasteiger partial charge in [-0.2, -0.15) is 0 Å². The van der Waals surface area contributed by atoms with E-state index in [0.29, 0.717) is 0 Å². The topological polar surface area (TPSA) is 45.2 Å². The van der Waals surface area contributed by atoms with E-state index in [2.05, 4.69) is 152 Å². The third kappa shape index (κ3) is 8.69. The minimum absolute atomic E-state index is 0.287. The van der Waals surface area contributed by atoms with E-state index < -0.39 is 10.1 Å². The Bertz CT molecular complexity index is 2060. The van der Waals surface area contributed by atoms with Gasteiger partial charge < -0.3 is 29.4 Å². The summed E-state index contributed by atoms with van der Waals surface area (Å²) in [6.07, 6.45) is 3.73. The molecule has 0 atom stereocenters. The number of benzene rings is 3. The Labute approximate surface area is 358 Å². The summed E-state index contributed by atoms with van der Waals surface area (Å²) in [5, 5.41) is 0. The number of halogens is 2. The number of anilines is 6. The average Bonchev–Trinajstić information content (AvgIpc) is 3.38. The van der Waals surface area contributed by atoms with Crippen LogP contribution in [0.2, 0.25) is 0 Å². The van der Waals surface area contributed by atoms with Crippen LogP contribution in [-0.2, 0) is 23.5 Å². The molecule has 0 amide bonds. The molecule has 56 heavy (non-hydrogen) atoms. The molecule has 8 nitrogen and oxygen atoms in total. The van der Waals surface area contributed by atoms with E-state index in [-0.39, 0.29) is 6.54 Å². The van der Waals surface area contributed by atoms with Crippen LogP contribution in [0.1, 0.15) is 33.6 Å². The monoisotopic (exact) mass is 898 g/mol. The molecule has 0 unspecified atom stereocenters. The molecule has 0 bridgehead atoms. The van der Waals surface area contributed by atoms with Gasteiger partial charge in [0.1, 0.15) is 0 Å². The first-order valence-corrected chi connectivity index (χ1v) is 21.0. The molecule has 3 heterocycles. The Hall–Kier alpha value is -3.82. The van der Waals surface area contributed by atoms with Crippen molar-refractivity contribution in [3.05, 3.63) is 125 Å². The first-order valence-electron chi connectivity index (χ1n) is 18.4. The van der Waals surface area contributed by atoms with Crippen molar-refractivity contribution in [2.75, 3.05) is 92.3 Å². The number of nitrogens with zero attached hydrogens (tertiary/aromatic N) is 8. The quantitative estimate of drug-likeness (QED) is 0.0591. The normalized spacial score (nSPS) is 14.2. The van der Waals surface area contributed by atoms with Crippen LogP contribution in [0.25, 0.3) is 0 Å². The number of hydrogen-bond acceptors (Lipinski definition) is 9. The van der Waals surface area contributed by atoms with Crippen molar-refractivity contribution in [2.45, 2.75) is 42.7 Å². The summed E-state index contributed by atoms with van der Waals surface area (Å²) in [5.74, 6) is 0. The van der Waals surface area contributed by atoms with Gasteiger partial charge >= 0.3 is 68.8 Å². The summed E-state index contributed by atoms with van der Waals surface area (Å²) in [5.41, 5.74) is 10.9. The second-order valence-electron chi connectivity index (χ2n) is 15.0. The van der Waals surface area contributed by atoms with Gasteiger partial charge in [-0.3, -0.25) is 9.97 Å². The summed E-state index contributed by atoms with van der Waals surface area (Å²) in [7, 11) is 16.4. The summed E-state index contributed by atoms with van der Waals surface area (Å²) < 4.78 is 0.620. The predicted molar refractivity (Wildman–Crippen MR) is 241 cm³/mol. The fraction of sp³-hybridized carbons (Fsp3) is 0.341. The number of thioether (sulfide) groups is 1. The molecule has 298 valence electrons. The molecule has 0 radical (unpaired) electrons. The van der Waals surface area contributed by atoms with Crippen LogP contribution in [-0.4, -0.2) is 81.3 Å². The average molecular weight is 899 g/mol. The summed E-state index contributed by atoms with van der Waals surface area (Å²) in [4.78, 5) is 24.5. The zero-order chi connectivity index (χ0) is 41.1. The minimum atomic E-state index is -1.39. The van der Waals surface area contributed by atoms with Crippen LogP contribution in [0.4, 0.5) is 34.1 Å². The van der Waals surface area contributed by atoms with Gasteiger partial charge in [-0.05, 0) is 98.5 Å². The van der Waals surface area contributed by atoms with Gasteiger partial charge in [-0.25, -0.2) is 0 Å². The molecule has 1 fully saturated rings. The van der Waals surface area contributed by atoms with Crippen LogP contribution >= 0.6 is 35.0 Å². The van der Waals surface area contributed by atoms with Crippen molar-refractivity contribution in [1.29, 1.82) is 0 Å². The van der Waals surface area contributed by atoms with Gasteiger partial charge in [0.2, 0.25) is 10.1 Å². The maximum absolute atomic E-state index is 7.69. The van der Waals surface area contributed by atoms with Crippen molar-refractivity contribution in [2.24, 2.45) is 0 Å². The van der Waals surface area contributed by atoms with E-state index in [9.17, 15) is 0 Å². The molecule has 1 aliphatic rings. The van der Waals surface area contributed by atoms with Crippen LogP contribution < -0.4 is 29.4 Å². The molecule has 5 aromatic rings. The molecule has 0 aliphatic carbocycles. The Morgan fingerprint density at radius 1 is 0.607 bits per heavy atom. The molecule has 0 saturated carbocycles. The predicted octanol–water partition coefficient (Wildman–Crippen LogP) is 9.42. The summed E-state index contributed by atoms with van der Waals surface area (Å²) in [6, 6.07) is 27.4. The van der Waals surface area contributed by atoms with Crippen LogP contribution in [0.3, 0.4) is 0 Å². The molecule has 1 aliphatic heterocycles. The van der Waals surface area contributed by atoms with E-state index in [0.717, 1.165) is 67.8 Å². The molecule has 12 heteroatoms. The van der Waals surface area contributed by atoms with Gasteiger partial charge in [0, 0.05) is 103 Å². The Kier molecular flexibility index (Phi) is 13.7. The van der Waals surface area contributed by atoms with Crippen molar-refractivity contribution in [3.8, 4) is 0 Å². The molecule has 1 saturated heterocycles. The molecule has 6 rings (SSSR count). The van der Waals surface area contributed by atoms with E-state index in [4.69, 9.17) is 33.2 Å². The fourth-order valence-corrected chi connectivity index (χ4v) is 9.19. The van der Waals surface area contributed by atoms with E-state index >= 15 is 0 Å². The molecule has 3 aromatic carbocycles. The number of pyridine rings is 2. The number of alkyl halides is 2. The van der Waals surface area contributed by atoms with Gasteiger partial charge in [-0.15, -0.1) is 0 Å². The van der Waals surface area contributed by atoms with Gasteiger partial charge in [0.15, 0.2) is 0 Å². The Balaban J connectivity index is 0.000000586. The molecular formula is C44H54Cl2N8RuS. The number of aryl methyl sites for hydroxylation is 4. The van der Waals surface area contributed by atoms with Gasteiger partial charge in [0.05, 0.1) is 17.9 Å². The van der Waals surface area contributed by atoms with Crippen LogP contribution in [0, 0.1) is 27.7 Å². The second-order valence-corrected chi connectivity index (χ2v) is 18.6. The third-order valence-corrected chi connectivity index (χ3v) is 11.8. The SMILES string of the molecule is Cc1cc(N(C)C)cc(C)c1N1CC(Cl)(Cl)N(c2c(C)cc(N(C)C)cc2C)C1(c1cc(N(C)C)ccn1)c1cc(N(C)C)ccn1.[Ru]=[CH]Sc1ccccc1. The van der Waals surface area contributed by atoms with E-state index in [1.807, 2.05) is 74.9 Å². The first-order chi connectivity index (χ1) is 26.4. The van der Waals surface area contributed by atoms with Crippen LogP contribution in [0.15, 0.2) is 96.2 Å². The Morgan fingerprint density at radius 2 is 1.02 bits per heavy atom. The van der Waals surface area contributed by atoms with Crippen LogP contribution in [0.5, 0.6) is 0 Å².